The molecule has 2 N–H and O–H groups in total. The van der Waals surface area contributed by atoms with E-state index in [1.165, 1.54) is 19.4 Å². The van der Waals surface area contributed by atoms with E-state index < -0.39 is 0 Å². The van der Waals surface area contributed by atoms with Crippen LogP contribution >= 0.6 is 11.3 Å². The Labute approximate surface area is 119 Å². The summed E-state index contributed by atoms with van der Waals surface area (Å²) in [7, 11) is 6.01. The first-order chi connectivity index (χ1) is 9.15. The van der Waals surface area contributed by atoms with Crippen molar-refractivity contribution in [1.82, 2.24) is 9.88 Å². The minimum Gasteiger partial charge on any atom is -0.378 e. The van der Waals surface area contributed by atoms with Crippen molar-refractivity contribution in [3.8, 4) is 0 Å². The predicted octanol–water partition coefficient (Wildman–Crippen LogP) is 1.28. The average molecular weight is 284 g/mol. The molecule has 1 aliphatic heterocycles. The van der Waals surface area contributed by atoms with Crippen LogP contribution in [0.3, 0.4) is 0 Å². The molecule has 0 aliphatic carbocycles. The number of thiazole rings is 1. The number of hydrogen-bond acceptors (Lipinski definition) is 6. The highest BCUT2D eigenvalue weighted by Gasteiger charge is 2.23. The molecule has 1 aromatic heterocycles. The van der Waals surface area contributed by atoms with Gasteiger partial charge in [-0.25, -0.2) is 4.98 Å². The number of aromatic nitrogens is 1. The minimum absolute atomic E-state index is 0.535. The lowest BCUT2D eigenvalue weighted by atomic mass is 10.2. The Bertz CT molecular complexity index is 409. The Balaban J connectivity index is 2.03. The monoisotopic (exact) mass is 284 g/mol. The summed E-state index contributed by atoms with van der Waals surface area (Å²) in [5.41, 5.74) is 6.75. The SMILES string of the molecule is COCc1nc(N(C)CC2CCCN2C)sc1CN. The first-order valence-electron chi connectivity index (χ1n) is 6.74. The fraction of sp³-hybridized carbons (Fsp3) is 0.769. The van der Waals surface area contributed by atoms with Crippen LogP contribution in [0.1, 0.15) is 23.4 Å². The summed E-state index contributed by atoms with van der Waals surface area (Å²) in [5.74, 6) is 0. The number of nitrogens with zero attached hydrogens (tertiary/aromatic N) is 3. The van der Waals surface area contributed by atoms with E-state index >= 15 is 0 Å². The molecule has 1 saturated heterocycles. The van der Waals surface area contributed by atoms with Crippen molar-refractivity contribution < 1.29 is 4.74 Å². The highest BCUT2D eigenvalue weighted by Crippen LogP contribution is 2.27. The fourth-order valence-corrected chi connectivity index (χ4v) is 3.46. The normalized spacial score (nSPS) is 20.1. The molecule has 5 nitrogen and oxygen atoms in total. The minimum atomic E-state index is 0.535. The van der Waals surface area contributed by atoms with Crippen molar-refractivity contribution in [2.24, 2.45) is 5.73 Å². The van der Waals surface area contributed by atoms with Gasteiger partial charge in [-0.3, -0.25) is 0 Å². The van der Waals surface area contributed by atoms with E-state index in [-0.39, 0.29) is 0 Å². The second-order valence-electron chi connectivity index (χ2n) is 5.16. The van der Waals surface area contributed by atoms with Crippen molar-refractivity contribution in [1.29, 1.82) is 0 Å². The smallest absolute Gasteiger partial charge is 0.185 e. The third-order valence-corrected chi connectivity index (χ3v) is 4.95. The molecule has 1 atom stereocenters. The average Bonchev–Trinajstić information content (AvgIpc) is 2.97. The zero-order valence-electron chi connectivity index (χ0n) is 12.1. The van der Waals surface area contributed by atoms with E-state index in [0.717, 1.165) is 22.2 Å². The Hall–Kier alpha value is -0.690. The van der Waals surface area contributed by atoms with E-state index in [1.807, 2.05) is 0 Å². The third-order valence-electron chi connectivity index (χ3n) is 3.72. The predicted molar refractivity (Wildman–Crippen MR) is 79.6 cm³/mol. The summed E-state index contributed by atoms with van der Waals surface area (Å²) in [6.45, 7) is 3.31. The van der Waals surface area contributed by atoms with Gasteiger partial charge in [0, 0.05) is 38.2 Å². The molecule has 0 radical (unpaired) electrons. The maximum Gasteiger partial charge on any atom is 0.185 e. The number of methoxy groups -OCH3 is 1. The Morgan fingerprint density at radius 3 is 2.95 bits per heavy atom. The van der Waals surface area contributed by atoms with Crippen LogP contribution in [0.15, 0.2) is 0 Å². The first-order valence-corrected chi connectivity index (χ1v) is 7.56. The highest BCUT2D eigenvalue weighted by molar-refractivity contribution is 7.15. The van der Waals surface area contributed by atoms with Crippen molar-refractivity contribution in [3.05, 3.63) is 10.6 Å². The van der Waals surface area contributed by atoms with Gasteiger partial charge in [0.05, 0.1) is 12.3 Å². The van der Waals surface area contributed by atoms with Gasteiger partial charge in [0.25, 0.3) is 0 Å². The van der Waals surface area contributed by atoms with E-state index in [4.69, 9.17) is 10.5 Å². The number of likely N-dealkylation sites (tertiary alicyclic amines) is 1. The molecule has 1 fully saturated rings. The molecular formula is C13H24N4OS. The lowest BCUT2D eigenvalue weighted by Crippen LogP contribution is -2.36. The molecule has 0 saturated carbocycles. The molecule has 0 bridgehead atoms. The summed E-state index contributed by atoms with van der Waals surface area (Å²) >= 11 is 1.68. The quantitative estimate of drug-likeness (QED) is 0.853. The second-order valence-corrected chi connectivity index (χ2v) is 6.22. The van der Waals surface area contributed by atoms with E-state index in [0.29, 0.717) is 19.2 Å². The Morgan fingerprint density at radius 1 is 1.58 bits per heavy atom. The van der Waals surface area contributed by atoms with Gasteiger partial charge in [0.2, 0.25) is 0 Å². The van der Waals surface area contributed by atoms with Gasteiger partial charge in [-0.1, -0.05) is 0 Å². The zero-order chi connectivity index (χ0) is 13.8. The molecule has 2 rings (SSSR count). The fourth-order valence-electron chi connectivity index (χ4n) is 2.55. The molecule has 1 unspecified atom stereocenters. The molecular weight excluding hydrogens is 260 g/mol. The number of hydrogen-bond donors (Lipinski definition) is 1. The van der Waals surface area contributed by atoms with E-state index in [9.17, 15) is 0 Å². The summed E-state index contributed by atoms with van der Waals surface area (Å²) in [4.78, 5) is 10.5. The van der Waals surface area contributed by atoms with Crippen LogP contribution in [-0.4, -0.2) is 50.2 Å². The van der Waals surface area contributed by atoms with Crippen LogP contribution in [-0.2, 0) is 17.9 Å². The largest absolute Gasteiger partial charge is 0.378 e. The molecule has 2 heterocycles. The summed E-state index contributed by atoms with van der Waals surface area (Å²) in [6.07, 6.45) is 2.58. The molecule has 108 valence electrons. The molecule has 0 aromatic carbocycles. The van der Waals surface area contributed by atoms with Crippen molar-refractivity contribution in [3.63, 3.8) is 0 Å². The summed E-state index contributed by atoms with van der Waals surface area (Å²) < 4.78 is 5.18. The van der Waals surface area contributed by atoms with E-state index in [2.05, 4.69) is 28.9 Å². The van der Waals surface area contributed by atoms with E-state index in [1.54, 1.807) is 18.4 Å². The molecule has 1 aliphatic rings. The maximum atomic E-state index is 5.77. The van der Waals surface area contributed by atoms with Crippen molar-refractivity contribution in [2.75, 3.05) is 39.2 Å². The molecule has 1 aromatic rings. The Kier molecular flexibility index (Phi) is 5.15. The zero-order valence-corrected chi connectivity index (χ0v) is 12.9. The van der Waals surface area contributed by atoms with Crippen LogP contribution in [0, 0.1) is 0 Å². The molecule has 6 heteroatoms. The van der Waals surface area contributed by atoms with Crippen LogP contribution in [0.4, 0.5) is 5.13 Å². The van der Waals surface area contributed by atoms with Crippen LogP contribution in [0.25, 0.3) is 0 Å². The number of likely N-dealkylation sites (N-methyl/N-ethyl adjacent to an activating group) is 2. The number of nitrogens with two attached hydrogens (primary N) is 1. The number of rotatable bonds is 6. The van der Waals surface area contributed by atoms with Gasteiger partial charge in [-0.2, -0.15) is 0 Å². The summed E-state index contributed by atoms with van der Waals surface area (Å²) in [5, 5.41) is 1.05. The lowest BCUT2D eigenvalue weighted by Gasteiger charge is -2.25. The highest BCUT2D eigenvalue weighted by atomic mass is 32.1. The van der Waals surface area contributed by atoms with Crippen LogP contribution in [0.5, 0.6) is 0 Å². The van der Waals surface area contributed by atoms with Gasteiger partial charge in [-0.05, 0) is 26.4 Å². The van der Waals surface area contributed by atoms with Gasteiger partial charge in [0.15, 0.2) is 5.13 Å². The van der Waals surface area contributed by atoms with Gasteiger partial charge in [-0.15, -0.1) is 11.3 Å². The summed E-state index contributed by atoms with van der Waals surface area (Å²) in [6, 6.07) is 0.640. The van der Waals surface area contributed by atoms with Gasteiger partial charge in [0.1, 0.15) is 0 Å². The van der Waals surface area contributed by atoms with Crippen LogP contribution in [0.2, 0.25) is 0 Å². The lowest BCUT2D eigenvalue weighted by molar-refractivity contribution is 0.181. The van der Waals surface area contributed by atoms with Crippen molar-refractivity contribution in [2.45, 2.75) is 32.0 Å². The second kappa shape index (κ2) is 6.65. The Morgan fingerprint density at radius 2 is 2.37 bits per heavy atom. The van der Waals surface area contributed by atoms with Gasteiger partial charge < -0.3 is 20.3 Å². The third kappa shape index (κ3) is 3.45. The molecule has 0 amide bonds. The number of ether oxygens (including phenoxy) is 1. The molecule has 19 heavy (non-hydrogen) atoms. The maximum absolute atomic E-state index is 5.77. The van der Waals surface area contributed by atoms with Crippen LogP contribution < -0.4 is 10.6 Å². The standard InChI is InChI=1S/C13H24N4OS/c1-16-6-4-5-10(16)8-17(2)13-15-11(9-18-3)12(7-14)19-13/h10H,4-9,14H2,1-3H3. The van der Waals surface area contributed by atoms with Gasteiger partial charge >= 0.3 is 0 Å². The first kappa shape index (κ1) is 14.7. The topological polar surface area (TPSA) is 54.6 Å². The molecule has 0 spiro atoms. The van der Waals surface area contributed by atoms with Crippen molar-refractivity contribution >= 4 is 16.5 Å². The number of anilines is 1.